The molecule has 1 atom stereocenters. The van der Waals surface area contributed by atoms with Gasteiger partial charge in [0.25, 0.3) is 0 Å². The summed E-state index contributed by atoms with van der Waals surface area (Å²) in [4.78, 5) is 4.24. The van der Waals surface area contributed by atoms with E-state index in [1.165, 1.54) is 5.56 Å². The van der Waals surface area contributed by atoms with Crippen LogP contribution in [0.1, 0.15) is 35.6 Å². The van der Waals surface area contributed by atoms with E-state index >= 15 is 0 Å². The molecule has 114 valence electrons. The van der Waals surface area contributed by atoms with E-state index in [2.05, 4.69) is 35.0 Å². The standard InChI is InChI=1S/C21H19NO/c23-21(12-11-17-7-3-1-4-8-17)20-14-19(15-22-16-20)13-18-9-5-2-6-10-18/h1-3,5-7,9-10,14-16,21,23H,4,8,13H2. The van der Waals surface area contributed by atoms with Crippen LogP contribution in [0.5, 0.6) is 0 Å². The lowest BCUT2D eigenvalue weighted by molar-refractivity contribution is 0.238. The highest BCUT2D eigenvalue weighted by Crippen LogP contribution is 2.16. The van der Waals surface area contributed by atoms with Gasteiger partial charge in [0.05, 0.1) is 0 Å². The minimum absolute atomic E-state index is 0.748. The van der Waals surface area contributed by atoms with Crippen molar-refractivity contribution in [3.05, 3.63) is 89.3 Å². The van der Waals surface area contributed by atoms with Gasteiger partial charge in [-0.1, -0.05) is 60.4 Å². The molecule has 0 saturated carbocycles. The molecular formula is C21H19NO. The van der Waals surface area contributed by atoms with E-state index in [1.807, 2.05) is 42.6 Å². The first-order chi connectivity index (χ1) is 11.3. The molecule has 2 nitrogen and oxygen atoms in total. The molecule has 1 unspecified atom stereocenters. The summed E-state index contributed by atoms with van der Waals surface area (Å²) in [6, 6.07) is 12.2. The Morgan fingerprint density at radius 2 is 2.00 bits per heavy atom. The fourth-order valence-electron chi connectivity index (χ4n) is 2.54. The summed E-state index contributed by atoms with van der Waals surface area (Å²) in [6.07, 6.45) is 11.6. The third-order valence-electron chi connectivity index (χ3n) is 3.77. The summed E-state index contributed by atoms with van der Waals surface area (Å²) in [5.74, 6) is 5.99. The summed E-state index contributed by atoms with van der Waals surface area (Å²) in [7, 11) is 0. The number of nitrogens with zero attached hydrogens (tertiary/aromatic N) is 1. The fourth-order valence-corrected chi connectivity index (χ4v) is 2.54. The van der Waals surface area contributed by atoms with E-state index in [-0.39, 0.29) is 0 Å². The fraction of sp³-hybridized carbons (Fsp3) is 0.190. The zero-order chi connectivity index (χ0) is 15.9. The van der Waals surface area contributed by atoms with Crippen LogP contribution in [0.25, 0.3) is 0 Å². The molecule has 3 rings (SSSR count). The van der Waals surface area contributed by atoms with Crippen molar-refractivity contribution in [2.24, 2.45) is 0 Å². The third-order valence-corrected chi connectivity index (χ3v) is 3.77. The first-order valence-corrected chi connectivity index (χ1v) is 7.84. The second-order valence-electron chi connectivity index (χ2n) is 5.62. The molecule has 0 saturated heterocycles. The number of hydrogen-bond donors (Lipinski definition) is 1. The number of hydrogen-bond acceptors (Lipinski definition) is 2. The Balaban J connectivity index is 1.73. The minimum atomic E-state index is -0.801. The zero-order valence-electron chi connectivity index (χ0n) is 12.9. The van der Waals surface area contributed by atoms with Crippen LogP contribution in [-0.2, 0) is 6.42 Å². The lowest BCUT2D eigenvalue weighted by atomic mass is 10.0. The van der Waals surface area contributed by atoms with E-state index in [1.54, 1.807) is 6.20 Å². The maximum atomic E-state index is 10.3. The highest BCUT2D eigenvalue weighted by Gasteiger charge is 2.06. The second-order valence-corrected chi connectivity index (χ2v) is 5.62. The van der Waals surface area contributed by atoms with E-state index in [9.17, 15) is 5.11 Å². The van der Waals surface area contributed by atoms with E-state index in [4.69, 9.17) is 0 Å². The Labute approximate surface area is 137 Å². The van der Waals surface area contributed by atoms with Gasteiger partial charge >= 0.3 is 0 Å². The molecule has 0 spiro atoms. The molecule has 1 aliphatic rings. The minimum Gasteiger partial charge on any atom is -0.376 e. The largest absolute Gasteiger partial charge is 0.376 e. The summed E-state index contributed by atoms with van der Waals surface area (Å²) in [6.45, 7) is 0. The maximum absolute atomic E-state index is 10.3. The lowest BCUT2D eigenvalue weighted by Gasteiger charge is -2.07. The molecule has 1 aromatic carbocycles. The van der Waals surface area contributed by atoms with Crippen molar-refractivity contribution in [1.82, 2.24) is 4.98 Å². The van der Waals surface area contributed by atoms with Gasteiger partial charge in [0.15, 0.2) is 0 Å². The second kappa shape index (κ2) is 7.58. The topological polar surface area (TPSA) is 33.1 Å². The van der Waals surface area contributed by atoms with Crippen LogP contribution < -0.4 is 0 Å². The van der Waals surface area contributed by atoms with E-state index in [0.29, 0.717) is 0 Å². The molecule has 1 aromatic heterocycles. The summed E-state index contributed by atoms with van der Waals surface area (Å²) < 4.78 is 0. The summed E-state index contributed by atoms with van der Waals surface area (Å²) in [5, 5.41) is 10.3. The van der Waals surface area contributed by atoms with Crippen LogP contribution in [0.2, 0.25) is 0 Å². The summed E-state index contributed by atoms with van der Waals surface area (Å²) in [5.41, 5.74) is 4.12. The molecule has 1 aliphatic carbocycles. The van der Waals surface area contributed by atoms with Crippen LogP contribution in [0, 0.1) is 11.8 Å². The normalized spacial score (nSPS) is 14.6. The monoisotopic (exact) mass is 301 g/mol. The molecule has 0 fully saturated rings. The van der Waals surface area contributed by atoms with Gasteiger partial charge in [-0.25, -0.2) is 0 Å². The van der Waals surface area contributed by atoms with Gasteiger partial charge in [-0.05, 0) is 36.5 Å². The Kier molecular flexibility index (Phi) is 5.03. The number of aromatic nitrogens is 1. The molecule has 0 radical (unpaired) electrons. The van der Waals surface area contributed by atoms with Gasteiger partial charge in [0.2, 0.25) is 0 Å². The van der Waals surface area contributed by atoms with Crippen LogP contribution >= 0.6 is 0 Å². The molecule has 0 amide bonds. The Bertz CT molecular complexity index is 778. The van der Waals surface area contributed by atoms with Crippen molar-refractivity contribution in [2.75, 3.05) is 0 Å². The number of rotatable bonds is 3. The first kappa shape index (κ1) is 15.3. The van der Waals surface area contributed by atoms with Crippen molar-refractivity contribution < 1.29 is 5.11 Å². The zero-order valence-corrected chi connectivity index (χ0v) is 12.9. The van der Waals surface area contributed by atoms with Gasteiger partial charge in [-0.15, -0.1) is 0 Å². The van der Waals surface area contributed by atoms with Gasteiger partial charge in [-0.2, -0.15) is 0 Å². The highest BCUT2D eigenvalue weighted by molar-refractivity contribution is 5.37. The predicted octanol–water partition coefficient (Wildman–Crippen LogP) is 3.99. The average Bonchev–Trinajstić information content (AvgIpc) is 2.62. The molecule has 2 heteroatoms. The maximum Gasteiger partial charge on any atom is 0.142 e. The van der Waals surface area contributed by atoms with Gasteiger partial charge in [0, 0.05) is 23.5 Å². The highest BCUT2D eigenvalue weighted by atomic mass is 16.3. The van der Waals surface area contributed by atoms with Crippen molar-refractivity contribution in [3.63, 3.8) is 0 Å². The average molecular weight is 301 g/mol. The van der Waals surface area contributed by atoms with Crippen molar-refractivity contribution in [1.29, 1.82) is 0 Å². The van der Waals surface area contributed by atoms with Gasteiger partial charge in [0.1, 0.15) is 6.10 Å². The van der Waals surface area contributed by atoms with Gasteiger partial charge in [-0.3, -0.25) is 4.98 Å². The Morgan fingerprint density at radius 1 is 1.13 bits per heavy atom. The van der Waals surface area contributed by atoms with Crippen molar-refractivity contribution in [2.45, 2.75) is 25.4 Å². The lowest BCUT2D eigenvalue weighted by Crippen LogP contribution is -1.98. The number of pyridine rings is 1. The SMILES string of the molecule is OC(C#CC1=CC=CCC1)c1cncc(Cc2ccccc2)c1. The van der Waals surface area contributed by atoms with Crippen LogP contribution in [-0.4, -0.2) is 10.1 Å². The van der Waals surface area contributed by atoms with Gasteiger partial charge < -0.3 is 5.11 Å². The molecule has 0 bridgehead atoms. The quantitative estimate of drug-likeness (QED) is 0.870. The molecule has 23 heavy (non-hydrogen) atoms. The molecule has 0 aliphatic heterocycles. The van der Waals surface area contributed by atoms with E-state index in [0.717, 1.165) is 36.0 Å². The smallest absolute Gasteiger partial charge is 0.142 e. The Hall–Kier alpha value is -2.63. The number of allylic oxidation sites excluding steroid dienone is 4. The number of aliphatic hydroxyl groups is 1. The van der Waals surface area contributed by atoms with Crippen LogP contribution in [0.4, 0.5) is 0 Å². The van der Waals surface area contributed by atoms with Crippen molar-refractivity contribution in [3.8, 4) is 11.8 Å². The first-order valence-electron chi connectivity index (χ1n) is 7.84. The molecular weight excluding hydrogens is 282 g/mol. The van der Waals surface area contributed by atoms with Crippen LogP contribution in [0.15, 0.2) is 72.6 Å². The van der Waals surface area contributed by atoms with Crippen molar-refractivity contribution >= 4 is 0 Å². The molecule has 2 aromatic rings. The number of aliphatic hydroxyl groups excluding tert-OH is 1. The number of benzene rings is 1. The van der Waals surface area contributed by atoms with Crippen LogP contribution in [0.3, 0.4) is 0 Å². The predicted molar refractivity (Wildman–Crippen MR) is 92.7 cm³/mol. The summed E-state index contributed by atoms with van der Waals surface area (Å²) >= 11 is 0. The third kappa shape index (κ3) is 4.42. The molecule has 1 N–H and O–H groups in total. The molecule has 1 heterocycles. The van der Waals surface area contributed by atoms with E-state index < -0.39 is 6.10 Å². The Morgan fingerprint density at radius 3 is 2.78 bits per heavy atom.